The van der Waals surface area contributed by atoms with E-state index >= 15 is 0 Å². The molecule has 0 aliphatic heterocycles. The standard InChI is InChI=1S/C17H14N2O3.2C7H5Cl2.Sn/c20-12-15(11-13-7-3-1-4-8-13)17(22)19-18-16(21)14-9-5-2-6-10-14;2*1-5-2-3-6(8)4-7(5)9;/h1-10H,11H2,(H,18,21)(H,19,22);2*2-4H,1H2;. The van der Waals surface area contributed by atoms with Crippen LogP contribution in [0.2, 0.25) is 20.1 Å². The summed E-state index contributed by atoms with van der Waals surface area (Å²) in [6, 6.07) is 28.9. The zero-order valence-electron chi connectivity index (χ0n) is 21.6. The van der Waals surface area contributed by atoms with Crippen molar-refractivity contribution < 1.29 is 14.7 Å². The van der Waals surface area contributed by atoms with Crippen LogP contribution in [0.3, 0.4) is 0 Å². The molecule has 1 amide bonds. The Hall–Kier alpha value is -2.77. The Kier molecular flexibility index (Phi) is 13.8. The summed E-state index contributed by atoms with van der Waals surface area (Å²) in [7, 11) is 0. The van der Waals surface area contributed by atoms with Crippen LogP contribution in [0, 0.1) is 0 Å². The van der Waals surface area contributed by atoms with Crippen molar-refractivity contribution in [1.29, 1.82) is 0 Å². The number of nitrogens with one attached hydrogen (secondary N) is 1. The number of nitrogens with zero attached hydrogens (tertiary/aromatic N) is 1. The first-order valence-corrected chi connectivity index (χ1v) is 17.8. The molecule has 10 heteroatoms. The van der Waals surface area contributed by atoms with Crippen LogP contribution in [0.5, 0.6) is 0 Å². The molecule has 4 aromatic rings. The Balaban J connectivity index is 0.000000228. The van der Waals surface area contributed by atoms with Gasteiger partial charge in [-0.3, -0.25) is 4.79 Å². The van der Waals surface area contributed by atoms with Crippen LogP contribution in [0.1, 0.15) is 27.0 Å². The summed E-state index contributed by atoms with van der Waals surface area (Å²) in [6.07, 6.45) is 0.181. The molecule has 2 radical (unpaired) electrons. The number of aliphatic hydroxyl groups excluding tert-OH is 1. The maximum absolute atomic E-state index is 11.8. The second-order valence-corrected chi connectivity index (χ2v) is 13.7. The Labute approximate surface area is 269 Å². The van der Waals surface area contributed by atoms with E-state index in [1.807, 2.05) is 54.6 Å². The van der Waals surface area contributed by atoms with Gasteiger partial charge >= 0.3 is 144 Å². The van der Waals surface area contributed by atoms with Crippen molar-refractivity contribution in [2.24, 2.45) is 5.10 Å². The number of hydrogen-bond donors (Lipinski definition) is 2. The van der Waals surface area contributed by atoms with E-state index in [2.05, 4.69) is 10.5 Å². The van der Waals surface area contributed by atoms with Crippen molar-refractivity contribution in [3.63, 3.8) is 0 Å². The van der Waals surface area contributed by atoms with Crippen LogP contribution in [0.15, 0.2) is 108 Å². The molecule has 4 aromatic carbocycles. The van der Waals surface area contributed by atoms with Gasteiger partial charge in [-0.15, -0.1) is 5.10 Å². The fourth-order valence-corrected chi connectivity index (χ4v) is 8.69. The quantitative estimate of drug-likeness (QED) is 0.0603. The molecule has 0 atom stereocenters. The molecule has 2 N–H and O–H groups in total. The summed E-state index contributed by atoms with van der Waals surface area (Å²) in [4.78, 5) is 22.7. The molecule has 0 heterocycles. The maximum atomic E-state index is 11.8. The number of carbonyl (C=O) groups excluding carboxylic acids is 2. The minimum Gasteiger partial charge on any atom is -0.492 e. The van der Waals surface area contributed by atoms with Crippen molar-refractivity contribution in [3.05, 3.63) is 145 Å². The summed E-state index contributed by atoms with van der Waals surface area (Å²) in [5.41, 5.74) is 5.77. The average molecular weight is 733 g/mol. The van der Waals surface area contributed by atoms with Gasteiger partial charge in [0.15, 0.2) is 0 Å². The van der Waals surface area contributed by atoms with Crippen molar-refractivity contribution in [2.45, 2.75) is 15.3 Å². The van der Waals surface area contributed by atoms with E-state index in [4.69, 9.17) is 46.4 Å². The number of amides is 1. The average Bonchev–Trinajstić information content (AvgIpc) is 2.98. The zero-order chi connectivity index (χ0) is 29.6. The summed E-state index contributed by atoms with van der Waals surface area (Å²) in [5.74, 6) is 0.621. The molecule has 0 saturated carbocycles. The van der Waals surface area contributed by atoms with Crippen LogP contribution in [0.4, 0.5) is 0 Å². The van der Waals surface area contributed by atoms with Crippen LogP contribution in [-0.2, 0) is 20.1 Å². The van der Waals surface area contributed by atoms with Gasteiger partial charge in [0.1, 0.15) is 11.5 Å². The van der Waals surface area contributed by atoms with Crippen LogP contribution < -0.4 is 5.43 Å². The minimum atomic E-state index is -0.595. The molecule has 0 aliphatic rings. The number of hydrazone groups is 1. The summed E-state index contributed by atoms with van der Waals surface area (Å²) in [5, 5.41) is 16.2. The largest absolute Gasteiger partial charge is 0.492 e. The molecule has 5 nitrogen and oxygen atoms in total. The Morgan fingerprint density at radius 3 is 1.78 bits per heavy atom. The zero-order valence-corrected chi connectivity index (χ0v) is 27.5. The molecule has 0 aromatic heterocycles. The molecule has 0 spiro atoms. The van der Waals surface area contributed by atoms with Crippen LogP contribution >= 0.6 is 46.4 Å². The third-order valence-electron chi connectivity index (χ3n) is 5.58. The second kappa shape index (κ2) is 17.2. The number of aliphatic hydroxyl groups is 1. The van der Waals surface area contributed by atoms with Gasteiger partial charge in [0.25, 0.3) is 5.91 Å². The SMILES string of the molecule is Clc1ccc([CH2][Sn][CH2]c2ccc(Cl)cc2Cl)c(Cl)c1.O=C=C(Cc1ccccc1)C(O)=NNC(=O)c1ccccc1. The van der Waals surface area contributed by atoms with E-state index in [-0.39, 0.29) is 12.0 Å². The van der Waals surface area contributed by atoms with Crippen molar-refractivity contribution in [3.8, 4) is 0 Å². The summed E-state index contributed by atoms with van der Waals surface area (Å²) < 4.78 is 2.14. The first kappa shape index (κ1) is 32.7. The third kappa shape index (κ3) is 11.2. The molecule has 208 valence electrons. The van der Waals surface area contributed by atoms with Crippen molar-refractivity contribution in [2.75, 3.05) is 0 Å². The van der Waals surface area contributed by atoms with E-state index in [9.17, 15) is 14.7 Å². The third-order valence-corrected chi connectivity index (χ3v) is 10.4. The molecule has 0 fully saturated rings. The van der Waals surface area contributed by atoms with Crippen LogP contribution in [-0.4, -0.2) is 44.0 Å². The van der Waals surface area contributed by atoms with Gasteiger partial charge in [-0.05, 0) is 17.7 Å². The van der Waals surface area contributed by atoms with Crippen molar-refractivity contribution in [1.82, 2.24) is 5.43 Å². The smallest absolute Gasteiger partial charge is 0.271 e. The first-order chi connectivity index (χ1) is 19.8. The van der Waals surface area contributed by atoms with Gasteiger partial charge in [-0.1, -0.05) is 48.5 Å². The fourth-order valence-electron chi connectivity index (χ4n) is 3.45. The number of hydrogen-bond acceptors (Lipinski definition) is 3. The van der Waals surface area contributed by atoms with Gasteiger partial charge < -0.3 is 5.11 Å². The monoisotopic (exact) mass is 732 g/mol. The normalized spacial score (nSPS) is 10.7. The van der Waals surface area contributed by atoms with Gasteiger partial charge in [-0.2, -0.15) is 0 Å². The number of halogens is 4. The van der Waals surface area contributed by atoms with E-state index < -0.39 is 32.9 Å². The van der Waals surface area contributed by atoms with Crippen molar-refractivity contribution >= 4 is 85.3 Å². The number of carbonyl (C=O) groups is 1. The van der Waals surface area contributed by atoms with Crippen LogP contribution in [0.25, 0.3) is 0 Å². The van der Waals surface area contributed by atoms with Gasteiger partial charge in [-0.25, -0.2) is 10.2 Å². The van der Waals surface area contributed by atoms with Gasteiger partial charge in [0, 0.05) is 12.0 Å². The maximum Gasteiger partial charge on any atom is 0.271 e. The Morgan fingerprint density at radius 2 is 1.29 bits per heavy atom. The molecule has 0 bridgehead atoms. The molecule has 4 rings (SSSR count). The summed E-state index contributed by atoms with van der Waals surface area (Å²) in [6.45, 7) is 0. The molecule has 0 unspecified atom stereocenters. The number of rotatable bonds is 9. The van der Waals surface area contributed by atoms with Gasteiger partial charge in [0.2, 0.25) is 5.90 Å². The second-order valence-electron chi connectivity index (χ2n) is 8.56. The summed E-state index contributed by atoms with van der Waals surface area (Å²) >= 11 is 23.5. The molecular weight excluding hydrogens is 709 g/mol. The Morgan fingerprint density at radius 1 is 0.780 bits per heavy atom. The van der Waals surface area contributed by atoms with E-state index in [0.29, 0.717) is 15.6 Å². The Bertz CT molecular complexity index is 1490. The number of benzene rings is 4. The predicted molar refractivity (Wildman–Crippen MR) is 169 cm³/mol. The van der Waals surface area contributed by atoms with E-state index in [1.165, 1.54) is 11.1 Å². The topological polar surface area (TPSA) is 78.8 Å². The van der Waals surface area contributed by atoms with E-state index in [1.54, 1.807) is 48.4 Å². The fraction of sp³-hybridized carbons (Fsp3) is 0.0968. The molecule has 0 aliphatic carbocycles. The molecule has 0 saturated heterocycles. The van der Waals surface area contributed by atoms with E-state index in [0.717, 1.165) is 24.5 Å². The predicted octanol–water partition coefficient (Wildman–Crippen LogP) is 7.99. The molecular formula is C31H24Cl4N2O3Sn. The van der Waals surface area contributed by atoms with Gasteiger partial charge in [0.05, 0.1) is 0 Å². The first-order valence-electron chi connectivity index (χ1n) is 12.3. The minimum absolute atomic E-state index is 0.0282. The molecule has 41 heavy (non-hydrogen) atoms.